The molecule has 0 bridgehead atoms. The highest BCUT2D eigenvalue weighted by Gasteiger charge is 2.40. The van der Waals surface area contributed by atoms with Crippen molar-refractivity contribution in [3.63, 3.8) is 0 Å². The normalized spacial score (nSPS) is 11.5. The van der Waals surface area contributed by atoms with Crippen LogP contribution in [0.2, 0.25) is 0 Å². The van der Waals surface area contributed by atoms with Gasteiger partial charge in [0.2, 0.25) is 0 Å². The molecule has 29 heavy (non-hydrogen) atoms. The number of nitrogens with one attached hydrogen (secondary N) is 1. The van der Waals surface area contributed by atoms with Crippen LogP contribution in [-0.2, 0) is 24.1 Å². The van der Waals surface area contributed by atoms with Crippen LogP contribution in [0.25, 0.3) is 5.69 Å². The summed E-state index contributed by atoms with van der Waals surface area (Å²) in [5.41, 5.74) is -0.862. The van der Waals surface area contributed by atoms with Crippen LogP contribution in [0, 0.1) is 5.82 Å². The fourth-order valence-corrected chi connectivity index (χ4v) is 2.87. The molecule has 0 atom stereocenters. The SMILES string of the molecule is COCc1cccc(CNC(=O)c2cnn(-c3ccccc3F)c2C(F)(F)F)c1. The zero-order chi connectivity index (χ0) is 21.0. The van der Waals surface area contributed by atoms with Gasteiger partial charge in [-0.3, -0.25) is 4.79 Å². The van der Waals surface area contributed by atoms with E-state index in [0.29, 0.717) is 16.9 Å². The summed E-state index contributed by atoms with van der Waals surface area (Å²) in [5.74, 6) is -1.85. The summed E-state index contributed by atoms with van der Waals surface area (Å²) < 4.78 is 60.3. The molecular weight excluding hydrogens is 390 g/mol. The smallest absolute Gasteiger partial charge is 0.380 e. The predicted octanol–water partition coefficient (Wildman–Crippen LogP) is 4.11. The van der Waals surface area contributed by atoms with Gasteiger partial charge in [0, 0.05) is 13.7 Å². The first-order valence-corrected chi connectivity index (χ1v) is 8.56. The molecular formula is C20H17F4N3O2. The summed E-state index contributed by atoms with van der Waals surface area (Å²) in [7, 11) is 1.54. The Balaban J connectivity index is 1.88. The number of carbonyl (C=O) groups excluding carboxylic acids is 1. The minimum absolute atomic E-state index is 0.0125. The first kappa shape index (κ1) is 20.5. The van der Waals surface area contributed by atoms with E-state index < -0.39 is 34.8 Å². The van der Waals surface area contributed by atoms with Crippen molar-refractivity contribution in [1.29, 1.82) is 0 Å². The van der Waals surface area contributed by atoms with Crippen molar-refractivity contribution in [2.45, 2.75) is 19.3 Å². The van der Waals surface area contributed by atoms with Gasteiger partial charge in [-0.25, -0.2) is 9.07 Å². The monoisotopic (exact) mass is 407 g/mol. The minimum atomic E-state index is -4.91. The average molecular weight is 407 g/mol. The molecule has 0 aliphatic carbocycles. The summed E-state index contributed by atoms with van der Waals surface area (Å²) in [6.07, 6.45) is -4.13. The van der Waals surface area contributed by atoms with Gasteiger partial charge >= 0.3 is 6.18 Å². The van der Waals surface area contributed by atoms with E-state index >= 15 is 0 Å². The molecule has 5 nitrogen and oxygen atoms in total. The number of halogens is 4. The third-order valence-corrected chi connectivity index (χ3v) is 4.12. The van der Waals surface area contributed by atoms with Gasteiger partial charge in [0.1, 0.15) is 11.5 Å². The molecule has 3 aromatic rings. The van der Waals surface area contributed by atoms with Crippen molar-refractivity contribution in [2.24, 2.45) is 0 Å². The summed E-state index contributed by atoms with van der Waals surface area (Å²) in [6.45, 7) is 0.383. The highest BCUT2D eigenvalue weighted by molar-refractivity contribution is 5.95. The van der Waals surface area contributed by atoms with Crippen LogP contribution >= 0.6 is 0 Å². The van der Waals surface area contributed by atoms with E-state index in [1.54, 1.807) is 25.3 Å². The number of rotatable bonds is 6. The Labute approximate surface area is 163 Å². The van der Waals surface area contributed by atoms with Gasteiger partial charge in [0.25, 0.3) is 5.91 Å². The number of para-hydroxylation sites is 1. The summed E-state index contributed by atoms with van der Waals surface area (Å²) in [6, 6.07) is 12.0. The zero-order valence-electron chi connectivity index (χ0n) is 15.3. The second-order valence-corrected chi connectivity index (χ2v) is 6.20. The summed E-state index contributed by atoms with van der Waals surface area (Å²) in [4.78, 5) is 12.4. The lowest BCUT2D eigenvalue weighted by Crippen LogP contribution is -2.26. The number of hydrogen-bond donors (Lipinski definition) is 1. The quantitative estimate of drug-likeness (QED) is 0.626. The Morgan fingerprint density at radius 1 is 1.14 bits per heavy atom. The number of benzene rings is 2. The third-order valence-electron chi connectivity index (χ3n) is 4.12. The summed E-state index contributed by atoms with van der Waals surface area (Å²) >= 11 is 0. The van der Waals surface area contributed by atoms with Gasteiger partial charge < -0.3 is 10.1 Å². The van der Waals surface area contributed by atoms with Gasteiger partial charge in [-0.2, -0.15) is 18.3 Å². The molecule has 0 fully saturated rings. The van der Waals surface area contributed by atoms with Gasteiger partial charge in [0.05, 0.1) is 18.4 Å². The van der Waals surface area contributed by atoms with Crippen LogP contribution in [0.1, 0.15) is 27.2 Å². The Morgan fingerprint density at radius 3 is 2.55 bits per heavy atom. The van der Waals surface area contributed by atoms with Crippen LogP contribution in [0.15, 0.2) is 54.7 Å². The molecule has 0 saturated carbocycles. The third kappa shape index (κ3) is 4.62. The maximum atomic E-state index is 14.0. The van der Waals surface area contributed by atoms with Crippen LogP contribution < -0.4 is 5.32 Å². The molecule has 1 amide bonds. The van der Waals surface area contributed by atoms with Crippen LogP contribution in [0.5, 0.6) is 0 Å². The summed E-state index contributed by atoms with van der Waals surface area (Å²) in [5, 5.41) is 6.06. The Kier molecular flexibility index (Phi) is 5.97. The van der Waals surface area contributed by atoms with Crippen molar-refractivity contribution in [3.05, 3.63) is 82.9 Å². The lowest BCUT2D eigenvalue weighted by Gasteiger charge is -2.13. The molecule has 0 saturated heterocycles. The maximum Gasteiger partial charge on any atom is 0.434 e. The molecule has 2 aromatic carbocycles. The maximum absolute atomic E-state index is 14.0. The van der Waals surface area contributed by atoms with Gasteiger partial charge in [0.15, 0.2) is 5.69 Å². The second-order valence-electron chi connectivity index (χ2n) is 6.20. The average Bonchev–Trinajstić information content (AvgIpc) is 3.13. The molecule has 152 valence electrons. The number of carbonyl (C=O) groups is 1. The van der Waals surface area contributed by atoms with E-state index in [2.05, 4.69) is 10.4 Å². The molecule has 1 aromatic heterocycles. The van der Waals surface area contributed by atoms with E-state index in [4.69, 9.17) is 4.74 Å². The van der Waals surface area contributed by atoms with E-state index in [0.717, 1.165) is 23.9 Å². The first-order valence-electron chi connectivity index (χ1n) is 8.56. The Hall–Kier alpha value is -3.20. The fourth-order valence-electron chi connectivity index (χ4n) is 2.87. The number of aromatic nitrogens is 2. The molecule has 0 unspecified atom stereocenters. The Morgan fingerprint density at radius 2 is 1.86 bits per heavy atom. The molecule has 9 heteroatoms. The van der Waals surface area contributed by atoms with Gasteiger partial charge in [-0.05, 0) is 23.3 Å². The van der Waals surface area contributed by atoms with E-state index in [1.165, 1.54) is 12.1 Å². The standard InChI is InChI=1S/C20H17F4N3O2/c1-29-12-14-6-4-5-13(9-14)10-25-19(28)15-11-26-27(18(15)20(22,23)24)17-8-3-2-7-16(17)21/h2-9,11H,10,12H2,1H3,(H,25,28). The molecule has 0 spiro atoms. The lowest BCUT2D eigenvalue weighted by molar-refractivity contribution is -0.143. The molecule has 3 rings (SSSR count). The van der Waals surface area contributed by atoms with Crippen molar-refractivity contribution in [2.75, 3.05) is 7.11 Å². The van der Waals surface area contributed by atoms with E-state index in [-0.39, 0.29) is 6.54 Å². The highest BCUT2D eigenvalue weighted by Crippen LogP contribution is 2.34. The fraction of sp³-hybridized carbons (Fsp3) is 0.200. The van der Waals surface area contributed by atoms with Gasteiger partial charge in [-0.1, -0.05) is 36.4 Å². The minimum Gasteiger partial charge on any atom is -0.380 e. The van der Waals surface area contributed by atoms with Crippen LogP contribution in [0.4, 0.5) is 17.6 Å². The lowest BCUT2D eigenvalue weighted by atomic mass is 10.1. The molecule has 1 heterocycles. The number of nitrogens with zero attached hydrogens (tertiary/aromatic N) is 2. The largest absolute Gasteiger partial charge is 0.434 e. The van der Waals surface area contributed by atoms with Crippen LogP contribution in [-0.4, -0.2) is 22.8 Å². The van der Waals surface area contributed by atoms with Crippen molar-refractivity contribution >= 4 is 5.91 Å². The van der Waals surface area contributed by atoms with E-state index in [1.807, 2.05) is 6.07 Å². The number of ether oxygens (including phenoxy) is 1. The number of methoxy groups -OCH3 is 1. The number of alkyl halides is 3. The molecule has 0 aliphatic rings. The van der Waals surface area contributed by atoms with Gasteiger partial charge in [-0.15, -0.1) is 0 Å². The Bertz CT molecular complexity index is 1010. The van der Waals surface area contributed by atoms with Crippen molar-refractivity contribution in [1.82, 2.24) is 15.1 Å². The molecule has 0 radical (unpaired) electrons. The van der Waals surface area contributed by atoms with Crippen molar-refractivity contribution in [3.8, 4) is 5.69 Å². The van der Waals surface area contributed by atoms with E-state index in [9.17, 15) is 22.4 Å². The highest BCUT2D eigenvalue weighted by atomic mass is 19.4. The van der Waals surface area contributed by atoms with Crippen molar-refractivity contribution < 1.29 is 27.1 Å². The number of amides is 1. The molecule has 0 aliphatic heterocycles. The topological polar surface area (TPSA) is 56.1 Å². The molecule has 1 N–H and O–H groups in total. The second kappa shape index (κ2) is 8.44. The first-order chi connectivity index (χ1) is 13.8. The predicted molar refractivity (Wildman–Crippen MR) is 96.8 cm³/mol. The van der Waals surface area contributed by atoms with Crippen LogP contribution in [0.3, 0.4) is 0 Å². The number of hydrogen-bond acceptors (Lipinski definition) is 3. The zero-order valence-corrected chi connectivity index (χ0v) is 15.3.